The van der Waals surface area contributed by atoms with Gasteiger partial charge in [-0.25, -0.2) is 0 Å². The van der Waals surface area contributed by atoms with Crippen LogP contribution in [-0.2, 0) is 9.59 Å². The molecule has 0 radical (unpaired) electrons. The summed E-state index contributed by atoms with van der Waals surface area (Å²) in [6.07, 6.45) is 0. The molecule has 6 nitrogen and oxygen atoms in total. The third-order valence-electron chi connectivity index (χ3n) is 2.60. The molecule has 0 aliphatic rings. The van der Waals surface area contributed by atoms with Crippen LogP contribution in [0.15, 0.2) is 18.2 Å². The van der Waals surface area contributed by atoms with Crippen LogP contribution in [0, 0.1) is 12.8 Å². The van der Waals surface area contributed by atoms with Crippen LogP contribution in [0.2, 0.25) is 0 Å². The Morgan fingerprint density at radius 3 is 2.79 bits per heavy atom. The molecule has 1 atom stereocenters. The Morgan fingerprint density at radius 1 is 1.47 bits per heavy atom. The van der Waals surface area contributed by atoms with E-state index in [-0.39, 0.29) is 0 Å². The van der Waals surface area contributed by atoms with Crippen molar-refractivity contribution < 1.29 is 14.7 Å². The van der Waals surface area contributed by atoms with E-state index in [1.165, 1.54) is 11.8 Å². The predicted octanol–water partition coefficient (Wildman–Crippen LogP) is 2.11. The van der Waals surface area contributed by atoms with E-state index in [1.807, 2.05) is 19.1 Å². The first-order valence-corrected chi connectivity index (χ1v) is 6.45. The highest BCUT2D eigenvalue weighted by molar-refractivity contribution is 7.15. The van der Waals surface area contributed by atoms with E-state index in [4.69, 9.17) is 5.11 Å². The minimum atomic E-state index is -1.16. The lowest BCUT2D eigenvalue weighted by Crippen LogP contribution is -2.26. The Kier molecular flexibility index (Phi) is 3.66. The zero-order valence-corrected chi connectivity index (χ0v) is 11.2. The number of carbonyl (C=O) groups is 2. The monoisotopic (exact) mass is 279 g/mol. The van der Waals surface area contributed by atoms with Gasteiger partial charge in [0.2, 0.25) is 5.91 Å². The first-order chi connectivity index (χ1) is 8.97. The Balaban J connectivity index is 2.10. The second-order valence-corrected chi connectivity index (χ2v) is 5.41. The maximum absolute atomic E-state index is 11.6. The molecule has 3 N–H and O–H groups in total. The lowest BCUT2D eigenvalue weighted by molar-refractivity contribution is -0.144. The van der Waals surface area contributed by atoms with Gasteiger partial charge in [0.15, 0.2) is 5.82 Å². The Labute approximate surface area is 113 Å². The molecule has 100 valence electrons. The molecule has 0 saturated carbocycles. The zero-order valence-electron chi connectivity index (χ0n) is 10.4. The van der Waals surface area contributed by atoms with E-state index < -0.39 is 17.8 Å². The number of aryl methyl sites for hydroxylation is 1. The molecule has 2 aromatic heterocycles. The summed E-state index contributed by atoms with van der Waals surface area (Å²) in [6, 6.07) is 5.63. The number of carboxylic acid groups (broad SMARTS) is 1. The maximum atomic E-state index is 11.6. The lowest BCUT2D eigenvalue weighted by Gasteiger charge is -2.04. The van der Waals surface area contributed by atoms with Gasteiger partial charge in [-0.3, -0.25) is 14.7 Å². The molecule has 2 rings (SSSR count). The van der Waals surface area contributed by atoms with E-state index >= 15 is 0 Å². The van der Waals surface area contributed by atoms with Gasteiger partial charge in [0, 0.05) is 10.9 Å². The first kappa shape index (κ1) is 13.3. The van der Waals surface area contributed by atoms with Crippen LogP contribution in [0.3, 0.4) is 0 Å². The van der Waals surface area contributed by atoms with Gasteiger partial charge in [0.1, 0.15) is 5.92 Å². The number of hydrogen-bond acceptors (Lipinski definition) is 4. The standard InChI is InChI=1S/C12H13N3O3S/c1-6-3-4-9(19-6)8-5-10(15-14-8)13-11(16)7(2)12(17)18/h3-5,7H,1-2H3,(H,17,18)(H2,13,14,15,16). The highest BCUT2D eigenvalue weighted by Gasteiger charge is 2.21. The number of carbonyl (C=O) groups excluding carboxylic acids is 1. The van der Waals surface area contributed by atoms with Crippen molar-refractivity contribution in [1.82, 2.24) is 10.2 Å². The highest BCUT2D eigenvalue weighted by Crippen LogP contribution is 2.27. The van der Waals surface area contributed by atoms with Crippen LogP contribution in [-0.4, -0.2) is 27.2 Å². The number of nitrogens with zero attached hydrogens (tertiary/aromatic N) is 1. The third kappa shape index (κ3) is 3.00. The third-order valence-corrected chi connectivity index (χ3v) is 3.63. The van der Waals surface area contributed by atoms with Crippen LogP contribution in [0.25, 0.3) is 10.6 Å². The van der Waals surface area contributed by atoms with Gasteiger partial charge >= 0.3 is 5.97 Å². The largest absolute Gasteiger partial charge is 0.481 e. The molecular weight excluding hydrogens is 266 g/mol. The number of thiophene rings is 1. The van der Waals surface area contributed by atoms with Crippen molar-refractivity contribution in [2.75, 3.05) is 5.32 Å². The van der Waals surface area contributed by atoms with Crippen molar-refractivity contribution in [1.29, 1.82) is 0 Å². The summed E-state index contributed by atoms with van der Waals surface area (Å²) >= 11 is 1.61. The molecule has 7 heteroatoms. The Bertz CT molecular complexity index is 617. The fraction of sp³-hybridized carbons (Fsp3) is 0.250. The summed E-state index contributed by atoms with van der Waals surface area (Å²) < 4.78 is 0. The molecule has 19 heavy (non-hydrogen) atoms. The second-order valence-electron chi connectivity index (χ2n) is 4.13. The van der Waals surface area contributed by atoms with Gasteiger partial charge < -0.3 is 10.4 Å². The lowest BCUT2D eigenvalue weighted by atomic mass is 10.2. The van der Waals surface area contributed by atoms with Crippen LogP contribution < -0.4 is 5.32 Å². The van der Waals surface area contributed by atoms with Crippen molar-refractivity contribution in [3.8, 4) is 10.6 Å². The smallest absolute Gasteiger partial charge is 0.315 e. The Morgan fingerprint density at radius 2 is 2.21 bits per heavy atom. The number of aromatic nitrogens is 2. The van der Waals surface area contributed by atoms with E-state index in [0.29, 0.717) is 5.82 Å². The average Bonchev–Trinajstić information content (AvgIpc) is 2.96. The van der Waals surface area contributed by atoms with Gasteiger partial charge in [-0.2, -0.15) is 5.10 Å². The molecule has 0 aliphatic carbocycles. The number of nitrogens with one attached hydrogen (secondary N) is 2. The molecule has 0 aromatic carbocycles. The van der Waals surface area contributed by atoms with Gasteiger partial charge in [-0.05, 0) is 26.0 Å². The molecule has 2 heterocycles. The number of H-pyrrole nitrogens is 1. The van der Waals surface area contributed by atoms with E-state index in [9.17, 15) is 9.59 Å². The van der Waals surface area contributed by atoms with Gasteiger partial charge in [-0.15, -0.1) is 11.3 Å². The molecule has 0 bridgehead atoms. The number of carboxylic acids is 1. The van der Waals surface area contributed by atoms with Crippen LogP contribution in [0.5, 0.6) is 0 Å². The number of rotatable bonds is 4. The molecule has 2 aromatic rings. The first-order valence-electron chi connectivity index (χ1n) is 5.63. The van der Waals surface area contributed by atoms with Crippen molar-refractivity contribution in [3.05, 3.63) is 23.1 Å². The summed E-state index contributed by atoms with van der Waals surface area (Å²) in [5.74, 6) is -2.54. The van der Waals surface area contributed by atoms with Crippen LogP contribution >= 0.6 is 11.3 Å². The molecule has 0 aliphatic heterocycles. The van der Waals surface area contributed by atoms with Crippen LogP contribution in [0.1, 0.15) is 11.8 Å². The van der Waals surface area contributed by atoms with E-state index in [2.05, 4.69) is 15.5 Å². The number of aliphatic carboxylic acids is 1. The van der Waals surface area contributed by atoms with Gasteiger partial charge in [-0.1, -0.05) is 0 Å². The summed E-state index contributed by atoms with van der Waals surface area (Å²) in [5.41, 5.74) is 0.788. The van der Waals surface area contributed by atoms with Crippen molar-refractivity contribution in [3.63, 3.8) is 0 Å². The minimum absolute atomic E-state index is 0.319. The number of anilines is 1. The SMILES string of the molecule is Cc1ccc(-c2cc(NC(=O)C(C)C(=O)O)n[nH]2)s1. The van der Waals surface area contributed by atoms with Crippen molar-refractivity contribution in [2.24, 2.45) is 5.92 Å². The number of aromatic amines is 1. The van der Waals surface area contributed by atoms with Crippen molar-refractivity contribution in [2.45, 2.75) is 13.8 Å². The fourth-order valence-corrected chi connectivity index (χ4v) is 2.27. The molecule has 0 saturated heterocycles. The van der Waals surface area contributed by atoms with Gasteiger partial charge in [0.25, 0.3) is 0 Å². The summed E-state index contributed by atoms with van der Waals surface area (Å²) in [4.78, 5) is 24.4. The summed E-state index contributed by atoms with van der Waals surface area (Å²) in [7, 11) is 0. The normalized spacial score (nSPS) is 12.1. The van der Waals surface area contributed by atoms with E-state index in [0.717, 1.165) is 10.6 Å². The summed E-state index contributed by atoms with van der Waals surface area (Å²) in [5, 5.41) is 17.9. The summed E-state index contributed by atoms with van der Waals surface area (Å²) in [6.45, 7) is 3.33. The number of amides is 1. The minimum Gasteiger partial charge on any atom is -0.481 e. The average molecular weight is 279 g/mol. The fourth-order valence-electron chi connectivity index (χ4n) is 1.44. The number of hydrogen-bond donors (Lipinski definition) is 3. The predicted molar refractivity (Wildman–Crippen MR) is 72.1 cm³/mol. The topological polar surface area (TPSA) is 95.1 Å². The molecule has 0 fully saturated rings. The van der Waals surface area contributed by atoms with Crippen LogP contribution in [0.4, 0.5) is 5.82 Å². The molecule has 1 unspecified atom stereocenters. The molecule has 1 amide bonds. The molecular formula is C12H13N3O3S. The quantitative estimate of drug-likeness (QED) is 0.747. The molecule has 0 spiro atoms. The zero-order chi connectivity index (χ0) is 14.0. The van der Waals surface area contributed by atoms with Gasteiger partial charge in [0.05, 0.1) is 10.6 Å². The second kappa shape index (κ2) is 5.23. The van der Waals surface area contributed by atoms with Crippen molar-refractivity contribution >= 4 is 29.0 Å². The highest BCUT2D eigenvalue weighted by atomic mass is 32.1. The van der Waals surface area contributed by atoms with E-state index in [1.54, 1.807) is 17.4 Å². The maximum Gasteiger partial charge on any atom is 0.315 e. The Hall–Kier alpha value is -2.15.